The lowest BCUT2D eigenvalue weighted by Crippen LogP contribution is -2.40. The molecule has 1 saturated carbocycles. The number of amides is 2. The molecule has 0 bridgehead atoms. The largest absolute Gasteiger partial charge is 0.508 e. The molecule has 4 rings (SSSR count). The molecule has 3 aliphatic rings. The third kappa shape index (κ3) is 2.34. The summed E-state index contributed by atoms with van der Waals surface area (Å²) in [4.78, 5) is 28.5. The second kappa shape index (κ2) is 5.00. The molecule has 5 nitrogen and oxygen atoms in total. The second-order valence-electron chi connectivity index (χ2n) is 6.64. The lowest BCUT2D eigenvalue weighted by atomic mass is 9.97. The SMILES string of the molecule is O=C(C1CC(=O)N(C2CC2)C1)N1CCc2ccc(O)cc2C1. The Hall–Kier alpha value is -2.04. The summed E-state index contributed by atoms with van der Waals surface area (Å²) < 4.78 is 0. The molecular formula is C17H20N2O3. The van der Waals surface area contributed by atoms with E-state index in [-0.39, 0.29) is 23.5 Å². The van der Waals surface area contributed by atoms with E-state index in [0.29, 0.717) is 32.1 Å². The molecule has 0 spiro atoms. The Morgan fingerprint density at radius 1 is 1.23 bits per heavy atom. The maximum atomic E-state index is 12.7. The number of phenols is 1. The zero-order chi connectivity index (χ0) is 15.3. The van der Waals surface area contributed by atoms with E-state index in [2.05, 4.69) is 0 Å². The van der Waals surface area contributed by atoms with Crippen LogP contribution < -0.4 is 0 Å². The Morgan fingerprint density at radius 3 is 2.82 bits per heavy atom. The Bertz CT molecular complexity index is 639. The Labute approximate surface area is 129 Å². The average Bonchev–Trinajstić information content (AvgIpc) is 3.28. The molecule has 1 saturated heterocycles. The van der Waals surface area contributed by atoms with Gasteiger partial charge in [0.15, 0.2) is 0 Å². The van der Waals surface area contributed by atoms with Gasteiger partial charge >= 0.3 is 0 Å². The van der Waals surface area contributed by atoms with Crippen molar-refractivity contribution < 1.29 is 14.7 Å². The number of hydrogen-bond acceptors (Lipinski definition) is 3. The summed E-state index contributed by atoms with van der Waals surface area (Å²) in [5.74, 6) is 0.275. The van der Waals surface area contributed by atoms with Crippen LogP contribution in [0.15, 0.2) is 18.2 Å². The number of fused-ring (bicyclic) bond motifs is 1. The maximum Gasteiger partial charge on any atom is 0.228 e. The fraction of sp³-hybridized carbons (Fsp3) is 0.529. The molecule has 2 amide bonds. The van der Waals surface area contributed by atoms with Gasteiger partial charge in [0, 0.05) is 32.1 Å². The van der Waals surface area contributed by atoms with E-state index < -0.39 is 0 Å². The number of carbonyl (C=O) groups is 2. The minimum absolute atomic E-state index is 0.0884. The first-order valence-corrected chi connectivity index (χ1v) is 8.01. The van der Waals surface area contributed by atoms with Gasteiger partial charge in [0.05, 0.1) is 5.92 Å². The van der Waals surface area contributed by atoms with Crippen molar-refractivity contribution in [2.45, 2.75) is 38.3 Å². The van der Waals surface area contributed by atoms with Gasteiger partial charge in [-0.05, 0) is 42.5 Å². The molecule has 2 aliphatic heterocycles. The first-order chi connectivity index (χ1) is 10.6. The number of likely N-dealkylation sites (tertiary alicyclic amines) is 1. The minimum atomic E-state index is -0.188. The van der Waals surface area contributed by atoms with E-state index in [1.807, 2.05) is 15.9 Å². The standard InChI is InChI=1S/C17H20N2O3/c20-15-4-1-11-5-6-18(9-12(11)7-15)17(22)13-8-16(21)19(10-13)14-2-3-14/h1,4,7,13-14,20H,2-3,5-6,8-10H2. The number of phenolic OH excluding ortho intramolecular Hbond substituents is 1. The first-order valence-electron chi connectivity index (χ1n) is 8.01. The zero-order valence-corrected chi connectivity index (χ0v) is 12.5. The van der Waals surface area contributed by atoms with Crippen molar-refractivity contribution in [1.82, 2.24) is 9.80 Å². The quantitative estimate of drug-likeness (QED) is 0.895. The maximum absolute atomic E-state index is 12.7. The molecule has 0 radical (unpaired) electrons. The van der Waals surface area contributed by atoms with Crippen molar-refractivity contribution >= 4 is 11.8 Å². The van der Waals surface area contributed by atoms with Crippen LogP contribution in [0.3, 0.4) is 0 Å². The predicted molar refractivity (Wildman–Crippen MR) is 80.1 cm³/mol. The van der Waals surface area contributed by atoms with E-state index in [9.17, 15) is 14.7 Å². The van der Waals surface area contributed by atoms with Crippen molar-refractivity contribution in [3.05, 3.63) is 29.3 Å². The van der Waals surface area contributed by atoms with Crippen LogP contribution in [-0.4, -0.2) is 45.9 Å². The molecule has 116 valence electrons. The molecule has 1 aromatic rings. The number of carbonyl (C=O) groups excluding carboxylic acids is 2. The highest BCUT2D eigenvalue weighted by Crippen LogP contribution is 2.34. The molecule has 1 aliphatic carbocycles. The van der Waals surface area contributed by atoms with Crippen molar-refractivity contribution in [3.63, 3.8) is 0 Å². The van der Waals surface area contributed by atoms with Gasteiger partial charge in [-0.15, -0.1) is 0 Å². The topological polar surface area (TPSA) is 60.9 Å². The molecule has 1 N–H and O–H groups in total. The van der Waals surface area contributed by atoms with Gasteiger partial charge in [0.2, 0.25) is 11.8 Å². The molecule has 1 atom stereocenters. The highest BCUT2D eigenvalue weighted by atomic mass is 16.3. The number of rotatable bonds is 2. The van der Waals surface area contributed by atoms with E-state index in [1.54, 1.807) is 12.1 Å². The highest BCUT2D eigenvalue weighted by Gasteiger charge is 2.43. The Balaban J connectivity index is 1.46. The summed E-state index contributed by atoms with van der Waals surface area (Å²) in [6.07, 6.45) is 3.35. The van der Waals surface area contributed by atoms with Gasteiger partial charge in [-0.3, -0.25) is 9.59 Å². The van der Waals surface area contributed by atoms with Crippen molar-refractivity contribution in [2.24, 2.45) is 5.92 Å². The van der Waals surface area contributed by atoms with Crippen molar-refractivity contribution in [3.8, 4) is 5.75 Å². The lowest BCUT2D eigenvalue weighted by Gasteiger charge is -2.31. The van der Waals surface area contributed by atoms with Crippen LogP contribution in [-0.2, 0) is 22.6 Å². The fourth-order valence-corrected chi connectivity index (χ4v) is 3.63. The summed E-state index contributed by atoms with van der Waals surface area (Å²) in [6.45, 7) is 1.83. The number of hydrogen-bond donors (Lipinski definition) is 1. The fourth-order valence-electron chi connectivity index (χ4n) is 3.63. The van der Waals surface area contributed by atoms with Crippen LogP contribution >= 0.6 is 0 Å². The first kappa shape index (κ1) is 13.6. The molecule has 0 aromatic heterocycles. The lowest BCUT2D eigenvalue weighted by molar-refractivity contribution is -0.136. The van der Waals surface area contributed by atoms with E-state index in [0.717, 1.165) is 24.8 Å². The second-order valence-corrected chi connectivity index (χ2v) is 6.64. The van der Waals surface area contributed by atoms with Crippen LogP contribution in [0.4, 0.5) is 0 Å². The average molecular weight is 300 g/mol. The number of nitrogens with zero attached hydrogens (tertiary/aromatic N) is 2. The van der Waals surface area contributed by atoms with Crippen LogP contribution in [0.2, 0.25) is 0 Å². The van der Waals surface area contributed by atoms with E-state index in [4.69, 9.17) is 0 Å². The summed E-state index contributed by atoms with van der Waals surface area (Å²) >= 11 is 0. The Kier molecular flexibility index (Phi) is 3.10. The van der Waals surface area contributed by atoms with Crippen LogP contribution in [0.25, 0.3) is 0 Å². The van der Waals surface area contributed by atoms with Gasteiger partial charge in [-0.2, -0.15) is 0 Å². The van der Waals surface area contributed by atoms with Crippen LogP contribution in [0.5, 0.6) is 5.75 Å². The summed E-state index contributed by atoms with van der Waals surface area (Å²) in [5.41, 5.74) is 2.21. The molecule has 22 heavy (non-hydrogen) atoms. The van der Waals surface area contributed by atoms with Crippen molar-refractivity contribution in [2.75, 3.05) is 13.1 Å². The number of aromatic hydroxyl groups is 1. The van der Waals surface area contributed by atoms with Gasteiger partial charge in [0.25, 0.3) is 0 Å². The molecule has 2 fully saturated rings. The summed E-state index contributed by atoms with van der Waals surface area (Å²) in [6, 6.07) is 5.76. The smallest absolute Gasteiger partial charge is 0.228 e. The van der Waals surface area contributed by atoms with E-state index in [1.165, 1.54) is 5.56 Å². The van der Waals surface area contributed by atoms with Crippen LogP contribution in [0.1, 0.15) is 30.4 Å². The van der Waals surface area contributed by atoms with Gasteiger partial charge in [-0.25, -0.2) is 0 Å². The highest BCUT2D eigenvalue weighted by molar-refractivity contribution is 5.89. The molecule has 5 heteroatoms. The van der Waals surface area contributed by atoms with E-state index >= 15 is 0 Å². The van der Waals surface area contributed by atoms with Gasteiger partial charge in [0.1, 0.15) is 5.75 Å². The van der Waals surface area contributed by atoms with Crippen LogP contribution in [0, 0.1) is 5.92 Å². The van der Waals surface area contributed by atoms with Crippen molar-refractivity contribution in [1.29, 1.82) is 0 Å². The zero-order valence-electron chi connectivity index (χ0n) is 12.5. The summed E-state index contributed by atoms with van der Waals surface area (Å²) in [5, 5.41) is 9.61. The minimum Gasteiger partial charge on any atom is -0.508 e. The molecule has 2 heterocycles. The molecule has 1 unspecified atom stereocenters. The number of benzene rings is 1. The predicted octanol–water partition coefficient (Wildman–Crippen LogP) is 1.29. The third-order valence-corrected chi connectivity index (χ3v) is 5.01. The third-order valence-electron chi connectivity index (χ3n) is 5.01. The molecule has 1 aromatic carbocycles. The Morgan fingerprint density at radius 2 is 2.05 bits per heavy atom. The summed E-state index contributed by atoms with van der Waals surface area (Å²) in [7, 11) is 0. The van der Waals surface area contributed by atoms with Gasteiger partial charge in [-0.1, -0.05) is 6.07 Å². The van der Waals surface area contributed by atoms with Gasteiger partial charge < -0.3 is 14.9 Å². The monoisotopic (exact) mass is 300 g/mol. The normalized spacial score (nSPS) is 24.5. The molecular weight excluding hydrogens is 280 g/mol.